The van der Waals surface area contributed by atoms with Gasteiger partial charge in [0.1, 0.15) is 11.2 Å². The van der Waals surface area contributed by atoms with Crippen LogP contribution in [0, 0.1) is 5.92 Å². The molecule has 1 aliphatic carbocycles. The topological polar surface area (TPSA) is 80.4 Å². The number of carboxylic acids is 1. The van der Waals surface area contributed by atoms with Crippen molar-refractivity contribution in [3.63, 3.8) is 0 Å². The van der Waals surface area contributed by atoms with Gasteiger partial charge in [-0.05, 0) is 30.7 Å². The van der Waals surface area contributed by atoms with Crippen LogP contribution in [0.25, 0.3) is 15.9 Å². The molecule has 0 aliphatic heterocycles. The summed E-state index contributed by atoms with van der Waals surface area (Å²) in [5.74, 6) is 0.463. The summed E-state index contributed by atoms with van der Waals surface area (Å²) >= 11 is 1.76. The molecule has 6 nitrogen and oxygen atoms in total. The van der Waals surface area contributed by atoms with E-state index in [1.165, 1.54) is 16.9 Å². The first-order valence-corrected chi connectivity index (χ1v) is 8.29. The van der Waals surface area contributed by atoms with E-state index in [0.29, 0.717) is 12.2 Å². The van der Waals surface area contributed by atoms with Gasteiger partial charge in [-0.1, -0.05) is 6.92 Å². The minimum absolute atomic E-state index is 0.0483. The highest BCUT2D eigenvalue weighted by Crippen LogP contribution is 2.38. The first kappa shape index (κ1) is 13.6. The van der Waals surface area contributed by atoms with Gasteiger partial charge >= 0.3 is 5.97 Å². The van der Waals surface area contributed by atoms with Crippen molar-refractivity contribution in [2.45, 2.75) is 39.0 Å². The number of thiophene rings is 1. The van der Waals surface area contributed by atoms with Gasteiger partial charge in [-0.25, -0.2) is 14.5 Å². The van der Waals surface area contributed by atoms with Gasteiger partial charge in [-0.15, -0.1) is 16.4 Å². The fourth-order valence-electron chi connectivity index (χ4n) is 3.11. The molecule has 4 rings (SSSR count). The van der Waals surface area contributed by atoms with Crippen LogP contribution in [-0.4, -0.2) is 30.7 Å². The lowest BCUT2D eigenvalue weighted by molar-refractivity contribution is -0.137. The Kier molecular flexibility index (Phi) is 3.11. The van der Waals surface area contributed by atoms with Gasteiger partial charge in [0, 0.05) is 11.3 Å². The quantitative estimate of drug-likeness (QED) is 0.803. The van der Waals surface area contributed by atoms with E-state index in [9.17, 15) is 4.79 Å². The summed E-state index contributed by atoms with van der Waals surface area (Å²) in [6.45, 7) is 2.29. The molecule has 22 heavy (non-hydrogen) atoms. The zero-order chi connectivity index (χ0) is 15.3. The Bertz CT molecular complexity index is 883. The van der Waals surface area contributed by atoms with Crippen molar-refractivity contribution >= 4 is 33.2 Å². The molecule has 114 valence electrons. The Morgan fingerprint density at radius 1 is 1.55 bits per heavy atom. The normalized spacial score (nSPS) is 18.0. The van der Waals surface area contributed by atoms with E-state index >= 15 is 0 Å². The highest BCUT2D eigenvalue weighted by Gasteiger charge is 2.23. The number of aliphatic carboxylic acids is 1. The maximum Gasteiger partial charge on any atom is 0.303 e. The van der Waals surface area contributed by atoms with E-state index in [1.807, 2.05) is 0 Å². The molecule has 0 spiro atoms. The largest absolute Gasteiger partial charge is 0.481 e. The van der Waals surface area contributed by atoms with Crippen LogP contribution in [0.5, 0.6) is 0 Å². The number of hydrogen-bond acceptors (Lipinski definition) is 5. The number of carboxylic acid groups (broad SMARTS) is 1. The third-order valence-electron chi connectivity index (χ3n) is 4.24. The van der Waals surface area contributed by atoms with Crippen LogP contribution in [0.3, 0.4) is 0 Å². The molecule has 0 aromatic carbocycles. The number of nitrogens with zero attached hydrogens (tertiary/aromatic N) is 4. The van der Waals surface area contributed by atoms with Crippen LogP contribution in [-0.2, 0) is 24.1 Å². The molecule has 0 fully saturated rings. The zero-order valence-electron chi connectivity index (χ0n) is 12.2. The van der Waals surface area contributed by atoms with Crippen molar-refractivity contribution in [1.82, 2.24) is 19.6 Å². The highest BCUT2D eigenvalue weighted by atomic mass is 32.1. The van der Waals surface area contributed by atoms with Crippen LogP contribution in [0.15, 0.2) is 6.33 Å². The molecule has 3 aromatic heterocycles. The summed E-state index contributed by atoms with van der Waals surface area (Å²) in [6, 6.07) is 0. The lowest BCUT2D eigenvalue weighted by atomic mass is 9.89. The molecule has 0 amide bonds. The molecule has 3 heterocycles. The summed E-state index contributed by atoms with van der Waals surface area (Å²) in [5, 5.41) is 14.3. The average molecular weight is 316 g/mol. The molecular formula is C15H16N4O2S. The summed E-state index contributed by atoms with van der Waals surface area (Å²) in [5.41, 5.74) is 2.19. The summed E-state index contributed by atoms with van der Waals surface area (Å²) < 4.78 is 1.69. The average Bonchev–Trinajstić information content (AvgIpc) is 3.03. The Morgan fingerprint density at radius 2 is 2.41 bits per heavy atom. The van der Waals surface area contributed by atoms with Crippen molar-refractivity contribution in [2.24, 2.45) is 5.92 Å². The fourth-order valence-corrected chi connectivity index (χ4v) is 4.45. The number of aryl methyl sites for hydroxylation is 2. The molecule has 0 saturated heterocycles. The second kappa shape index (κ2) is 5.01. The van der Waals surface area contributed by atoms with Crippen LogP contribution in [0.4, 0.5) is 0 Å². The van der Waals surface area contributed by atoms with Gasteiger partial charge in [0.25, 0.3) is 0 Å². The second-order valence-corrected chi connectivity index (χ2v) is 7.05. The summed E-state index contributed by atoms with van der Waals surface area (Å²) in [7, 11) is 0. The Hall–Kier alpha value is -2.02. The second-order valence-electron chi connectivity index (χ2n) is 5.97. The van der Waals surface area contributed by atoms with E-state index < -0.39 is 5.97 Å². The van der Waals surface area contributed by atoms with Gasteiger partial charge in [0.15, 0.2) is 11.5 Å². The van der Waals surface area contributed by atoms with Crippen molar-refractivity contribution in [3.8, 4) is 0 Å². The summed E-state index contributed by atoms with van der Waals surface area (Å²) in [6.07, 6.45) is 5.45. The molecular weight excluding hydrogens is 300 g/mol. The van der Waals surface area contributed by atoms with Crippen molar-refractivity contribution in [3.05, 3.63) is 22.6 Å². The lowest BCUT2D eigenvalue weighted by Crippen LogP contribution is -2.08. The molecule has 1 atom stereocenters. The predicted molar refractivity (Wildman–Crippen MR) is 83.3 cm³/mol. The van der Waals surface area contributed by atoms with Gasteiger partial charge in [-0.2, -0.15) is 0 Å². The van der Waals surface area contributed by atoms with Crippen molar-refractivity contribution in [1.29, 1.82) is 0 Å². The van der Waals surface area contributed by atoms with Crippen LogP contribution in [0.2, 0.25) is 0 Å². The highest BCUT2D eigenvalue weighted by molar-refractivity contribution is 7.19. The molecule has 0 radical (unpaired) electrons. The first-order valence-electron chi connectivity index (χ1n) is 7.48. The van der Waals surface area contributed by atoms with Crippen LogP contribution < -0.4 is 0 Å². The van der Waals surface area contributed by atoms with Crippen LogP contribution >= 0.6 is 11.3 Å². The monoisotopic (exact) mass is 316 g/mol. The number of hydrogen-bond donors (Lipinski definition) is 1. The number of rotatable bonds is 3. The summed E-state index contributed by atoms with van der Waals surface area (Å²) in [4.78, 5) is 22.2. The minimum atomic E-state index is -0.830. The number of aromatic nitrogens is 4. The Labute approximate surface area is 130 Å². The van der Waals surface area contributed by atoms with Gasteiger partial charge in [0.2, 0.25) is 0 Å². The molecule has 0 bridgehead atoms. The molecule has 1 N–H and O–H groups in total. The van der Waals surface area contributed by atoms with Crippen molar-refractivity contribution in [2.75, 3.05) is 0 Å². The van der Waals surface area contributed by atoms with Crippen LogP contribution in [0.1, 0.15) is 36.0 Å². The van der Waals surface area contributed by atoms with E-state index in [-0.39, 0.29) is 6.42 Å². The SMILES string of the molecule is CC1CCc2c(sc3ncn4nc(CCC(=O)O)nc4c23)C1. The predicted octanol–water partition coefficient (Wildman–Crippen LogP) is 2.48. The van der Waals surface area contributed by atoms with E-state index in [1.54, 1.807) is 22.2 Å². The maximum atomic E-state index is 10.7. The van der Waals surface area contributed by atoms with E-state index in [0.717, 1.165) is 34.6 Å². The van der Waals surface area contributed by atoms with Gasteiger partial charge < -0.3 is 5.11 Å². The third-order valence-corrected chi connectivity index (χ3v) is 5.40. The zero-order valence-corrected chi connectivity index (χ0v) is 13.1. The van der Waals surface area contributed by atoms with E-state index in [4.69, 9.17) is 5.11 Å². The maximum absolute atomic E-state index is 10.7. The number of fused-ring (bicyclic) bond motifs is 5. The number of carbonyl (C=O) groups is 1. The van der Waals surface area contributed by atoms with Crippen molar-refractivity contribution < 1.29 is 9.90 Å². The first-order chi connectivity index (χ1) is 10.6. The molecule has 0 saturated carbocycles. The Morgan fingerprint density at radius 3 is 3.23 bits per heavy atom. The van der Waals surface area contributed by atoms with Gasteiger partial charge in [-0.3, -0.25) is 4.79 Å². The van der Waals surface area contributed by atoms with Gasteiger partial charge in [0.05, 0.1) is 11.8 Å². The third kappa shape index (κ3) is 2.16. The Balaban J connectivity index is 1.85. The lowest BCUT2D eigenvalue weighted by Gasteiger charge is -2.17. The molecule has 1 aliphatic rings. The minimum Gasteiger partial charge on any atom is -0.481 e. The molecule has 1 unspecified atom stereocenters. The van der Waals surface area contributed by atoms with E-state index in [2.05, 4.69) is 22.0 Å². The molecule has 7 heteroatoms. The smallest absolute Gasteiger partial charge is 0.303 e. The fraction of sp³-hybridized carbons (Fsp3) is 0.467. The molecule has 3 aromatic rings. The standard InChI is InChI=1S/C15H16N4O2S/c1-8-2-3-9-10(6-8)22-15-13(9)14-17-11(4-5-12(20)21)18-19(14)7-16-15/h7-8H,2-6H2,1H3,(H,20,21).